The second-order valence-corrected chi connectivity index (χ2v) is 6.45. The number of Topliss-reactive ketones (excluding diaryl/α,β-unsaturated/α-hetero) is 1. The maximum Gasteiger partial charge on any atom is 0.253 e. The maximum absolute atomic E-state index is 12.4. The van der Waals surface area contributed by atoms with Gasteiger partial charge in [-0.1, -0.05) is 18.7 Å². The smallest absolute Gasteiger partial charge is 0.253 e. The highest BCUT2D eigenvalue weighted by molar-refractivity contribution is 7.99. The fraction of sp³-hybridized carbons (Fsp3) is 0.333. The molecule has 0 fully saturated rings. The topological polar surface area (TPSA) is 73.3 Å². The largest absolute Gasteiger partial charge is 0.469 e. The molecule has 0 saturated carbocycles. The van der Waals surface area contributed by atoms with Crippen LogP contribution < -0.4 is 0 Å². The molecule has 22 heavy (non-hydrogen) atoms. The van der Waals surface area contributed by atoms with Gasteiger partial charge in [0.25, 0.3) is 5.78 Å². The minimum Gasteiger partial charge on any atom is -0.469 e. The van der Waals surface area contributed by atoms with Gasteiger partial charge in [-0.2, -0.15) is 4.98 Å². The molecule has 0 N–H and O–H groups in total. The molecule has 3 aromatic heterocycles. The van der Waals surface area contributed by atoms with E-state index >= 15 is 0 Å². The second kappa shape index (κ2) is 5.24. The predicted molar refractivity (Wildman–Crippen MR) is 81.3 cm³/mol. The number of hydrogen-bond donors (Lipinski definition) is 0. The van der Waals surface area contributed by atoms with E-state index in [1.807, 2.05) is 19.1 Å². The first-order chi connectivity index (χ1) is 10.7. The van der Waals surface area contributed by atoms with Crippen molar-refractivity contribution >= 4 is 23.3 Å². The van der Waals surface area contributed by atoms with Gasteiger partial charge in [-0.15, -0.1) is 5.10 Å². The Bertz CT molecular complexity index is 841. The summed E-state index contributed by atoms with van der Waals surface area (Å²) in [5.41, 5.74) is 1.43. The van der Waals surface area contributed by atoms with Crippen LogP contribution in [-0.4, -0.2) is 31.1 Å². The van der Waals surface area contributed by atoms with E-state index in [1.54, 1.807) is 28.7 Å². The van der Waals surface area contributed by atoms with Gasteiger partial charge in [-0.05, 0) is 17.9 Å². The van der Waals surface area contributed by atoms with Crippen molar-refractivity contribution in [3.63, 3.8) is 0 Å². The predicted octanol–water partition coefficient (Wildman–Crippen LogP) is 2.74. The van der Waals surface area contributed by atoms with Gasteiger partial charge < -0.3 is 4.42 Å². The summed E-state index contributed by atoms with van der Waals surface area (Å²) in [6.07, 6.45) is 4.52. The van der Waals surface area contributed by atoms with Crippen LogP contribution in [0.1, 0.15) is 41.1 Å². The van der Waals surface area contributed by atoms with Crippen LogP contribution in [0, 0.1) is 0 Å². The van der Waals surface area contributed by atoms with Crippen molar-refractivity contribution in [1.29, 1.82) is 0 Å². The zero-order chi connectivity index (χ0) is 15.1. The van der Waals surface area contributed by atoms with Crippen molar-refractivity contribution in [3.8, 4) is 0 Å². The van der Waals surface area contributed by atoms with Crippen LogP contribution in [0.5, 0.6) is 0 Å². The van der Waals surface area contributed by atoms with Crippen molar-refractivity contribution in [3.05, 3.63) is 41.6 Å². The lowest BCUT2D eigenvalue weighted by Gasteiger charge is -2.20. The molecule has 1 aliphatic carbocycles. The van der Waals surface area contributed by atoms with Gasteiger partial charge in [-0.25, -0.2) is 9.50 Å². The Morgan fingerprint density at radius 2 is 2.32 bits per heavy atom. The first kappa shape index (κ1) is 13.5. The van der Waals surface area contributed by atoms with E-state index in [0.29, 0.717) is 29.3 Å². The Kier molecular flexibility index (Phi) is 3.22. The van der Waals surface area contributed by atoms with Gasteiger partial charge in [0, 0.05) is 25.0 Å². The van der Waals surface area contributed by atoms with Crippen molar-refractivity contribution in [1.82, 2.24) is 19.6 Å². The Hall–Kier alpha value is -2.15. The summed E-state index contributed by atoms with van der Waals surface area (Å²) in [7, 11) is 0. The monoisotopic (exact) mass is 314 g/mol. The van der Waals surface area contributed by atoms with Crippen molar-refractivity contribution in [2.45, 2.75) is 30.8 Å². The SMILES string of the molecule is CCSc1nc2nc3c(cn2n1)C(=O)CC(c1ccco1)C3. The number of fused-ring (bicyclic) bond motifs is 2. The fourth-order valence-electron chi connectivity index (χ4n) is 2.78. The molecule has 1 unspecified atom stereocenters. The normalized spacial score (nSPS) is 17.9. The van der Waals surface area contributed by atoms with Gasteiger partial charge in [0.15, 0.2) is 5.78 Å². The number of carbonyl (C=O) groups excluding carboxylic acids is 1. The standard InChI is InChI=1S/C15H14N4O2S/c1-2-22-15-17-14-16-11-6-9(13-4-3-5-21-13)7-12(20)10(11)8-19(14)18-15/h3-5,8-9H,2,6-7H2,1H3. The van der Waals surface area contributed by atoms with Crippen LogP contribution in [0.3, 0.4) is 0 Å². The third-order valence-electron chi connectivity index (χ3n) is 3.78. The van der Waals surface area contributed by atoms with Crippen LogP contribution in [0.4, 0.5) is 0 Å². The third-order valence-corrected chi connectivity index (χ3v) is 4.50. The highest BCUT2D eigenvalue weighted by atomic mass is 32.2. The van der Waals surface area contributed by atoms with E-state index in [9.17, 15) is 4.79 Å². The maximum atomic E-state index is 12.4. The number of hydrogen-bond acceptors (Lipinski definition) is 6. The summed E-state index contributed by atoms with van der Waals surface area (Å²) in [5.74, 6) is 2.41. The first-order valence-electron chi connectivity index (χ1n) is 7.20. The average Bonchev–Trinajstić information content (AvgIpc) is 3.14. The van der Waals surface area contributed by atoms with Gasteiger partial charge in [0.1, 0.15) is 5.76 Å². The lowest BCUT2D eigenvalue weighted by Crippen LogP contribution is -2.21. The summed E-state index contributed by atoms with van der Waals surface area (Å²) < 4.78 is 7.04. The minimum absolute atomic E-state index is 0.0531. The number of thioether (sulfide) groups is 1. The lowest BCUT2D eigenvalue weighted by atomic mass is 9.85. The third kappa shape index (κ3) is 2.21. The molecular formula is C15H14N4O2S. The van der Waals surface area contributed by atoms with Gasteiger partial charge >= 0.3 is 0 Å². The molecule has 3 heterocycles. The van der Waals surface area contributed by atoms with E-state index in [1.165, 1.54) is 0 Å². The molecule has 3 aromatic rings. The number of furan rings is 1. The Balaban J connectivity index is 1.76. The van der Waals surface area contributed by atoms with E-state index in [-0.39, 0.29) is 11.7 Å². The Labute approximate surface area is 130 Å². The molecule has 0 saturated heterocycles. The molecule has 6 nitrogen and oxygen atoms in total. The molecule has 112 valence electrons. The van der Waals surface area contributed by atoms with Crippen molar-refractivity contribution < 1.29 is 9.21 Å². The molecule has 4 rings (SSSR count). The highest BCUT2D eigenvalue weighted by Crippen LogP contribution is 2.32. The molecular weight excluding hydrogens is 300 g/mol. The zero-order valence-electron chi connectivity index (χ0n) is 12.0. The quantitative estimate of drug-likeness (QED) is 0.692. The average molecular weight is 314 g/mol. The second-order valence-electron chi connectivity index (χ2n) is 5.22. The van der Waals surface area contributed by atoms with Gasteiger partial charge in [-0.3, -0.25) is 4.79 Å². The first-order valence-corrected chi connectivity index (χ1v) is 8.19. The van der Waals surface area contributed by atoms with Gasteiger partial charge in [0.05, 0.1) is 17.5 Å². The van der Waals surface area contributed by atoms with Crippen LogP contribution in [-0.2, 0) is 6.42 Å². The number of aromatic nitrogens is 4. The van der Waals surface area contributed by atoms with Crippen LogP contribution in [0.15, 0.2) is 34.2 Å². The zero-order valence-corrected chi connectivity index (χ0v) is 12.8. The number of ketones is 1. The van der Waals surface area contributed by atoms with Crippen molar-refractivity contribution in [2.24, 2.45) is 0 Å². The number of nitrogens with zero attached hydrogens (tertiary/aromatic N) is 4. The summed E-state index contributed by atoms with van der Waals surface area (Å²) in [4.78, 5) is 21.4. The summed E-state index contributed by atoms with van der Waals surface area (Å²) in [5, 5.41) is 5.04. The summed E-state index contributed by atoms with van der Waals surface area (Å²) in [6.45, 7) is 2.05. The summed E-state index contributed by atoms with van der Waals surface area (Å²) >= 11 is 1.56. The molecule has 7 heteroatoms. The highest BCUT2D eigenvalue weighted by Gasteiger charge is 2.30. The van der Waals surface area contributed by atoms with E-state index in [2.05, 4.69) is 15.1 Å². The van der Waals surface area contributed by atoms with Crippen LogP contribution >= 0.6 is 11.8 Å². The number of rotatable bonds is 3. The molecule has 0 spiro atoms. The molecule has 0 aromatic carbocycles. The number of carbonyl (C=O) groups is 1. The van der Waals surface area contributed by atoms with Crippen LogP contribution in [0.25, 0.3) is 5.78 Å². The van der Waals surface area contributed by atoms with Crippen molar-refractivity contribution in [2.75, 3.05) is 5.75 Å². The molecule has 1 aliphatic rings. The van der Waals surface area contributed by atoms with Crippen LogP contribution in [0.2, 0.25) is 0 Å². The molecule has 0 bridgehead atoms. The Morgan fingerprint density at radius 3 is 3.09 bits per heavy atom. The van der Waals surface area contributed by atoms with E-state index in [0.717, 1.165) is 17.2 Å². The van der Waals surface area contributed by atoms with E-state index < -0.39 is 0 Å². The van der Waals surface area contributed by atoms with E-state index in [4.69, 9.17) is 4.42 Å². The molecule has 0 amide bonds. The Morgan fingerprint density at radius 1 is 1.41 bits per heavy atom. The molecule has 1 atom stereocenters. The lowest BCUT2D eigenvalue weighted by molar-refractivity contribution is 0.0958. The van der Waals surface area contributed by atoms with Gasteiger partial charge in [0.2, 0.25) is 5.16 Å². The molecule has 0 radical (unpaired) electrons. The fourth-order valence-corrected chi connectivity index (χ4v) is 3.33. The minimum atomic E-state index is 0.0531. The summed E-state index contributed by atoms with van der Waals surface area (Å²) in [6, 6.07) is 3.76. The molecule has 0 aliphatic heterocycles.